The Labute approximate surface area is 197 Å². The van der Waals surface area contributed by atoms with E-state index in [1.54, 1.807) is 13.1 Å². The third-order valence-electron chi connectivity index (χ3n) is 6.91. The maximum Gasteiger partial charge on any atom is 0.257 e. The Bertz CT molecular complexity index is 833. The van der Waals surface area contributed by atoms with Crippen molar-refractivity contribution in [2.24, 2.45) is 5.41 Å². The minimum atomic E-state index is -0.457. The molecule has 2 bridgehead atoms. The van der Waals surface area contributed by atoms with Gasteiger partial charge < -0.3 is 24.8 Å². The second-order valence-corrected chi connectivity index (χ2v) is 9.39. The van der Waals surface area contributed by atoms with Gasteiger partial charge in [0.25, 0.3) is 5.91 Å². The van der Waals surface area contributed by atoms with Crippen LogP contribution in [0, 0.1) is 5.41 Å². The van der Waals surface area contributed by atoms with Crippen LogP contribution in [-0.2, 0) is 9.59 Å². The quantitative estimate of drug-likeness (QED) is 0.746. The third-order valence-corrected chi connectivity index (χ3v) is 6.91. The number of rotatable bonds is 4. The van der Waals surface area contributed by atoms with Crippen molar-refractivity contribution in [1.29, 1.82) is 0 Å². The minimum Gasteiger partial charge on any atom is -0.491 e. The Morgan fingerprint density at radius 3 is 2.48 bits per heavy atom. The summed E-state index contributed by atoms with van der Waals surface area (Å²) in [5.74, 6) is 0.640. The fourth-order valence-electron chi connectivity index (χ4n) is 4.80. The maximum atomic E-state index is 13.3. The number of hydrogen-bond donors (Lipinski definition) is 1. The lowest BCUT2D eigenvalue weighted by molar-refractivity contribution is -0.134. The second kappa shape index (κ2) is 11.5. The highest BCUT2D eigenvalue weighted by Gasteiger charge is 2.41. The Morgan fingerprint density at radius 2 is 1.79 bits per heavy atom. The van der Waals surface area contributed by atoms with Gasteiger partial charge in [-0.3, -0.25) is 14.4 Å². The van der Waals surface area contributed by atoms with E-state index in [1.807, 2.05) is 47.0 Å². The molecule has 0 aromatic heterocycles. The van der Waals surface area contributed by atoms with Crippen LogP contribution in [0.2, 0.25) is 0 Å². The van der Waals surface area contributed by atoms with Crippen molar-refractivity contribution in [3.8, 4) is 5.75 Å². The second-order valence-electron chi connectivity index (χ2n) is 9.39. The molecule has 3 aliphatic rings. The van der Waals surface area contributed by atoms with Crippen molar-refractivity contribution < 1.29 is 19.1 Å². The van der Waals surface area contributed by atoms with E-state index in [0.29, 0.717) is 69.9 Å². The molecule has 1 N–H and O–H groups in total. The molecular formula is C25H38N4O4. The van der Waals surface area contributed by atoms with Crippen LogP contribution in [0.5, 0.6) is 5.75 Å². The number of carbonyl (C=O) groups excluding carboxylic acids is 3. The summed E-state index contributed by atoms with van der Waals surface area (Å²) in [5.41, 5.74) is 0.0758. The van der Waals surface area contributed by atoms with Crippen LogP contribution >= 0.6 is 0 Å². The lowest BCUT2D eigenvalue weighted by Crippen LogP contribution is -2.49. The van der Waals surface area contributed by atoms with Gasteiger partial charge in [0.1, 0.15) is 12.4 Å². The standard InChI is InChI=1S/C25H38N4O4/c1-26-24(32)25-11-6-7-14-28(22(30)10-15-27(2)3)18-19-33-21-9-5-4-8-20(21)23(31)29(16-12-25)17-13-25/h4-5,8-9H,6-7,10-19H2,1-3H3,(H,26,32). The van der Waals surface area contributed by atoms with E-state index >= 15 is 0 Å². The Balaban J connectivity index is 1.82. The van der Waals surface area contributed by atoms with Gasteiger partial charge in [-0.25, -0.2) is 0 Å². The monoisotopic (exact) mass is 458 g/mol. The fraction of sp³-hybridized carbons (Fsp3) is 0.640. The van der Waals surface area contributed by atoms with Crippen LogP contribution in [0.3, 0.4) is 0 Å². The van der Waals surface area contributed by atoms with Crippen LogP contribution in [0.1, 0.15) is 48.9 Å². The Hall–Kier alpha value is -2.61. The first-order valence-electron chi connectivity index (χ1n) is 12.0. The first kappa shape index (κ1) is 25.0. The van der Waals surface area contributed by atoms with Crippen molar-refractivity contribution in [2.45, 2.75) is 38.5 Å². The molecule has 3 aliphatic heterocycles. The molecule has 4 rings (SSSR count). The number of piperidine rings is 1. The molecule has 0 spiro atoms. The summed E-state index contributed by atoms with van der Waals surface area (Å²) in [5, 5.41) is 2.85. The van der Waals surface area contributed by atoms with Crippen LogP contribution < -0.4 is 10.1 Å². The summed E-state index contributed by atoms with van der Waals surface area (Å²) in [6.07, 6.45) is 4.21. The summed E-state index contributed by atoms with van der Waals surface area (Å²) >= 11 is 0. The maximum absolute atomic E-state index is 13.3. The molecule has 0 aliphatic carbocycles. The van der Waals surface area contributed by atoms with Gasteiger partial charge in [-0.15, -0.1) is 0 Å². The molecule has 1 aromatic carbocycles. The van der Waals surface area contributed by atoms with Gasteiger partial charge in [0.05, 0.1) is 17.5 Å². The van der Waals surface area contributed by atoms with E-state index < -0.39 is 5.41 Å². The van der Waals surface area contributed by atoms with Gasteiger partial charge in [-0.2, -0.15) is 0 Å². The van der Waals surface area contributed by atoms with Crippen molar-refractivity contribution >= 4 is 17.7 Å². The van der Waals surface area contributed by atoms with E-state index in [-0.39, 0.29) is 17.7 Å². The molecule has 8 heteroatoms. The molecule has 1 aromatic rings. The van der Waals surface area contributed by atoms with E-state index in [1.165, 1.54) is 0 Å². The largest absolute Gasteiger partial charge is 0.491 e. The van der Waals surface area contributed by atoms with E-state index in [2.05, 4.69) is 5.32 Å². The zero-order valence-electron chi connectivity index (χ0n) is 20.3. The number of amides is 3. The van der Waals surface area contributed by atoms with Gasteiger partial charge >= 0.3 is 0 Å². The number of fused-ring (bicyclic) bond motifs is 9. The normalized spacial score (nSPS) is 19.3. The third kappa shape index (κ3) is 6.25. The molecule has 33 heavy (non-hydrogen) atoms. The number of para-hydroxylation sites is 1. The van der Waals surface area contributed by atoms with Crippen LogP contribution in [0.15, 0.2) is 24.3 Å². The van der Waals surface area contributed by atoms with Crippen molar-refractivity contribution in [3.63, 3.8) is 0 Å². The topological polar surface area (TPSA) is 82.2 Å². The Kier molecular flexibility index (Phi) is 8.72. The number of nitrogens with zero attached hydrogens (tertiary/aromatic N) is 3. The molecule has 8 nitrogen and oxygen atoms in total. The smallest absolute Gasteiger partial charge is 0.257 e. The van der Waals surface area contributed by atoms with Crippen molar-refractivity contribution in [2.75, 3.05) is 60.5 Å². The molecule has 0 unspecified atom stereocenters. The predicted molar refractivity (Wildman–Crippen MR) is 127 cm³/mol. The number of benzene rings is 1. The summed E-state index contributed by atoms with van der Waals surface area (Å²) < 4.78 is 6.01. The van der Waals surface area contributed by atoms with Gasteiger partial charge in [0, 0.05) is 39.6 Å². The van der Waals surface area contributed by atoms with Gasteiger partial charge in [0.15, 0.2) is 0 Å². The number of carbonyl (C=O) groups is 3. The highest BCUT2D eigenvalue weighted by Crippen LogP contribution is 2.38. The molecule has 3 amide bonds. The highest BCUT2D eigenvalue weighted by molar-refractivity contribution is 5.97. The van der Waals surface area contributed by atoms with Crippen LogP contribution in [0.4, 0.5) is 0 Å². The molecule has 1 saturated heterocycles. The highest BCUT2D eigenvalue weighted by atomic mass is 16.5. The summed E-state index contributed by atoms with van der Waals surface area (Å²) in [7, 11) is 5.60. The van der Waals surface area contributed by atoms with Crippen LogP contribution in [-0.4, -0.2) is 92.9 Å². The number of ether oxygens (including phenoxy) is 1. The van der Waals surface area contributed by atoms with E-state index in [9.17, 15) is 14.4 Å². The lowest BCUT2D eigenvalue weighted by atomic mass is 9.73. The lowest BCUT2D eigenvalue weighted by Gasteiger charge is -2.40. The first-order valence-corrected chi connectivity index (χ1v) is 12.0. The average molecular weight is 459 g/mol. The van der Waals surface area contributed by atoms with Gasteiger partial charge in [-0.1, -0.05) is 18.6 Å². The molecule has 0 saturated carbocycles. The number of nitrogens with one attached hydrogen (secondary N) is 1. The zero-order valence-corrected chi connectivity index (χ0v) is 20.3. The first-order chi connectivity index (χ1) is 15.9. The van der Waals surface area contributed by atoms with E-state index in [4.69, 9.17) is 4.74 Å². The van der Waals surface area contributed by atoms with Crippen molar-refractivity contribution in [1.82, 2.24) is 20.0 Å². The van der Waals surface area contributed by atoms with Crippen LogP contribution in [0.25, 0.3) is 0 Å². The van der Waals surface area contributed by atoms with Crippen molar-refractivity contribution in [3.05, 3.63) is 29.8 Å². The molecule has 1 fully saturated rings. The summed E-state index contributed by atoms with van der Waals surface area (Å²) in [6, 6.07) is 7.29. The summed E-state index contributed by atoms with van der Waals surface area (Å²) in [6.45, 7) is 3.25. The van der Waals surface area contributed by atoms with Gasteiger partial charge in [0.2, 0.25) is 11.8 Å². The van der Waals surface area contributed by atoms with Gasteiger partial charge in [-0.05, 0) is 51.9 Å². The minimum absolute atomic E-state index is 0.0570. The number of hydrogen-bond acceptors (Lipinski definition) is 5. The zero-order chi connectivity index (χ0) is 23.8. The summed E-state index contributed by atoms with van der Waals surface area (Å²) in [4.78, 5) is 44.7. The molecule has 0 atom stereocenters. The molecule has 3 heterocycles. The van der Waals surface area contributed by atoms with E-state index in [0.717, 1.165) is 19.3 Å². The molecule has 182 valence electrons. The molecule has 0 radical (unpaired) electrons. The SMILES string of the molecule is CNC(=O)C12CCCCN(C(=O)CCN(C)C)CCOc3ccccc3C(=O)N(CC1)CC2. The average Bonchev–Trinajstić information content (AvgIpc) is 2.83. The Morgan fingerprint density at radius 1 is 1.06 bits per heavy atom. The molecular weight excluding hydrogens is 420 g/mol. The fourth-order valence-corrected chi connectivity index (χ4v) is 4.80. The predicted octanol–water partition coefficient (Wildman–Crippen LogP) is 2.00.